The SMILES string of the molecule is CCNC(=NCc1ccccc1CN1CCOCC1)NCCN(C)Cc1ccc(F)cc1. The minimum atomic E-state index is -0.198. The normalized spacial score (nSPS) is 15.2. The van der Waals surface area contributed by atoms with Crippen molar-refractivity contribution >= 4 is 5.96 Å². The van der Waals surface area contributed by atoms with Gasteiger partial charge >= 0.3 is 0 Å². The summed E-state index contributed by atoms with van der Waals surface area (Å²) in [5.74, 6) is 0.625. The Morgan fingerprint density at radius 1 is 1.06 bits per heavy atom. The van der Waals surface area contributed by atoms with E-state index in [4.69, 9.17) is 9.73 Å². The highest BCUT2D eigenvalue weighted by Gasteiger charge is 2.12. The highest BCUT2D eigenvalue weighted by atomic mass is 19.1. The summed E-state index contributed by atoms with van der Waals surface area (Å²) in [6, 6.07) is 15.2. The van der Waals surface area contributed by atoms with Crippen molar-refractivity contribution in [1.82, 2.24) is 20.4 Å². The fourth-order valence-corrected chi connectivity index (χ4v) is 3.72. The van der Waals surface area contributed by atoms with E-state index in [1.165, 1.54) is 23.3 Å². The van der Waals surface area contributed by atoms with Crippen LogP contribution in [0.15, 0.2) is 53.5 Å². The van der Waals surface area contributed by atoms with Gasteiger partial charge in [0.25, 0.3) is 0 Å². The second-order valence-electron chi connectivity index (χ2n) is 8.14. The first-order valence-corrected chi connectivity index (χ1v) is 11.5. The van der Waals surface area contributed by atoms with E-state index in [1.54, 1.807) is 0 Å². The van der Waals surface area contributed by atoms with Crippen molar-refractivity contribution in [2.45, 2.75) is 26.6 Å². The molecule has 1 aliphatic rings. The predicted octanol–water partition coefficient (Wildman–Crippen LogP) is 2.85. The first-order chi connectivity index (χ1) is 15.6. The third-order valence-electron chi connectivity index (χ3n) is 5.52. The number of ether oxygens (including phenoxy) is 1. The van der Waals surface area contributed by atoms with Crippen molar-refractivity contribution in [3.63, 3.8) is 0 Å². The standard InChI is InChI=1S/C25H36FN5O/c1-3-27-25(28-12-13-30(2)19-21-8-10-24(26)11-9-21)29-18-22-6-4-5-7-23(22)20-31-14-16-32-17-15-31/h4-11H,3,12-20H2,1-2H3,(H2,27,28,29). The quantitative estimate of drug-likeness (QED) is 0.439. The number of hydrogen-bond donors (Lipinski definition) is 2. The zero-order valence-electron chi connectivity index (χ0n) is 19.3. The van der Waals surface area contributed by atoms with E-state index < -0.39 is 0 Å². The second kappa shape index (κ2) is 13.2. The molecular formula is C25H36FN5O. The fourth-order valence-electron chi connectivity index (χ4n) is 3.72. The van der Waals surface area contributed by atoms with Crippen LogP contribution in [0, 0.1) is 5.82 Å². The van der Waals surface area contributed by atoms with Crippen molar-refractivity contribution in [3.05, 3.63) is 71.0 Å². The van der Waals surface area contributed by atoms with Crippen LogP contribution in [0.5, 0.6) is 0 Å². The predicted molar refractivity (Wildman–Crippen MR) is 128 cm³/mol. The number of benzene rings is 2. The van der Waals surface area contributed by atoms with Gasteiger partial charge in [-0.15, -0.1) is 0 Å². The summed E-state index contributed by atoms with van der Waals surface area (Å²) in [5.41, 5.74) is 3.68. The summed E-state index contributed by atoms with van der Waals surface area (Å²) >= 11 is 0. The minimum absolute atomic E-state index is 0.198. The number of nitrogens with one attached hydrogen (secondary N) is 2. The van der Waals surface area contributed by atoms with Crippen LogP contribution in [0.25, 0.3) is 0 Å². The Labute approximate surface area is 191 Å². The Morgan fingerprint density at radius 2 is 1.78 bits per heavy atom. The second-order valence-corrected chi connectivity index (χ2v) is 8.14. The molecular weight excluding hydrogens is 405 g/mol. The third-order valence-corrected chi connectivity index (χ3v) is 5.52. The van der Waals surface area contributed by atoms with Crippen LogP contribution in [0.2, 0.25) is 0 Å². The molecule has 0 saturated carbocycles. The average Bonchev–Trinajstić information content (AvgIpc) is 2.80. The van der Waals surface area contributed by atoms with Crippen molar-refractivity contribution in [3.8, 4) is 0 Å². The van der Waals surface area contributed by atoms with Gasteiger partial charge in [-0.3, -0.25) is 4.90 Å². The summed E-state index contributed by atoms with van der Waals surface area (Å²) in [7, 11) is 2.07. The zero-order valence-corrected chi connectivity index (χ0v) is 19.3. The molecule has 2 N–H and O–H groups in total. The summed E-state index contributed by atoms with van der Waals surface area (Å²) in [4.78, 5) is 9.47. The third kappa shape index (κ3) is 8.22. The summed E-state index contributed by atoms with van der Waals surface area (Å²) < 4.78 is 18.5. The van der Waals surface area contributed by atoms with Crippen LogP contribution < -0.4 is 10.6 Å². The van der Waals surface area contributed by atoms with Crippen LogP contribution in [0.3, 0.4) is 0 Å². The monoisotopic (exact) mass is 441 g/mol. The molecule has 1 saturated heterocycles. The Morgan fingerprint density at radius 3 is 2.50 bits per heavy atom. The van der Waals surface area contributed by atoms with E-state index in [9.17, 15) is 4.39 Å². The Bertz CT molecular complexity index is 836. The van der Waals surface area contributed by atoms with E-state index in [2.05, 4.69) is 58.7 Å². The van der Waals surface area contributed by atoms with Crippen LogP contribution in [-0.4, -0.2) is 68.7 Å². The number of nitrogens with zero attached hydrogens (tertiary/aromatic N) is 3. The fraction of sp³-hybridized carbons (Fsp3) is 0.480. The number of aliphatic imine (C=N–C) groups is 1. The van der Waals surface area contributed by atoms with Gasteiger partial charge in [0.15, 0.2) is 5.96 Å². The average molecular weight is 442 g/mol. The van der Waals surface area contributed by atoms with Gasteiger partial charge in [0.2, 0.25) is 0 Å². The maximum absolute atomic E-state index is 13.1. The molecule has 2 aromatic rings. The molecule has 0 aromatic heterocycles. The number of halogens is 1. The maximum Gasteiger partial charge on any atom is 0.191 e. The molecule has 3 rings (SSSR count). The number of rotatable bonds is 10. The molecule has 32 heavy (non-hydrogen) atoms. The van der Waals surface area contributed by atoms with E-state index in [1.807, 2.05) is 12.1 Å². The van der Waals surface area contributed by atoms with Gasteiger partial charge in [0.05, 0.1) is 19.8 Å². The molecule has 0 bridgehead atoms. The van der Waals surface area contributed by atoms with Crippen molar-refractivity contribution < 1.29 is 9.13 Å². The van der Waals surface area contributed by atoms with Crippen LogP contribution in [0.4, 0.5) is 4.39 Å². The largest absolute Gasteiger partial charge is 0.379 e. The molecule has 0 atom stereocenters. The topological polar surface area (TPSA) is 52.1 Å². The summed E-state index contributed by atoms with van der Waals surface area (Å²) in [5, 5.41) is 6.76. The van der Waals surface area contributed by atoms with Gasteiger partial charge in [-0.25, -0.2) is 9.38 Å². The van der Waals surface area contributed by atoms with E-state index in [0.29, 0.717) is 6.54 Å². The molecule has 0 aliphatic carbocycles. The van der Waals surface area contributed by atoms with Gasteiger partial charge in [-0.2, -0.15) is 0 Å². The molecule has 6 nitrogen and oxygen atoms in total. The smallest absolute Gasteiger partial charge is 0.191 e. The molecule has 0 spiro atoms. The lowest BCUT2D eigenvalue weighted by Gasteiger charge is -2.27. The van der Waals surface area contributed by atoms with Gasteiger partial charge in [-0.05, 0) is 42.8 Å². The van der Waals surface area contributed by atoms with Crippen molar-refractivity contribution in [2.75, 3.05) is 53.0 Å². The molecule has 0 radical (unpaired) electrons. The lowest BCUT2D eigenvalue weighted by Crippen LogP contribution is -2.40. The van der Waals surface area contributed by atoms with Crippen molar-refractivity contribution in [1.29, 1.82) is 0 Å². The van der Waals surface area contributed by atoms with Crippen LogP contribution in [0.1, 0.15) is 23.6 Å². The highest BCUT2D eigenvalue weighted by molar-refractivity contribution is 5.79. The lowest BCUT2D eigenvalue weighted by molar-refractivity contribution is 0.0341. The number of hydrogen-bond acceptors (Lipinski definition) is 4. The van der Waals surface area contributed by atoms with E-state index in [-0.39, 0.29) is 5.82 Å². The van der Waals surface area contributed by atoms with E-state index >= 15 is 0 Å². The molecule has 7 heteroatoms. The van der Waals surface area contributed by atoms with Crippen LogP contribution in [-0.2, 0) is 24.4 Å². The van der Waals surface area contributed by atoms with E-state index in [0.717, 1.165) is 70.6 Å². The Hall–Kier alpha value is -2.48. The van der Waals surface area contributed by atoms with Gasteiger partial charge in [0, 0.05) is 45.8 Å². The molecule has 1 fully saturated rings. The number of likely N-dealkylation sites (N-methyl/N-ethyl adjacent to an activating group) is 1. The van der Waals surface area contributed by atoms with Gasteiger partial charge in [-0.1, -0.05) is 36.4 Å². The highest BCUT2D eigenvalue weighted by Crippen LogP contribution is 2.14. The number of guanidine groups is 1. The van der Waals surface area contributed by atoms with Crippen LogP contribution >= 0.6 is 0 Å². The first kappa shape index (κ1) is 24.2. The minimum Gasteiger partial charge on any atom is -0.379 e. The van der Waals surface area contributed by atoms with Gasteiger partial charge < -0.3 is 20.3 Å². The Kier molecular flexibility index (Phi) is 9.94. The number of morpholine rings is 1. The lowest BCUT2D eigenvalue weighted by atomic mass is 10.1. The summed E-state index contributed by atoms with van der Waals surface area (Å²) in [6.07, 6.45) is 0. The summed E-state index contributed by atoms with van der Waals surface area (Å²) in [6.45, 7) is 10.5. The molecule has 1 heterocycles. The molecule has 0 amide bonds. The zero-order chi connectivity index (χ0) is 22.6. The van der Waals surface area contributed by atoms with Gasteiger partial charge in [0.1, 0.15) is 5.82 Å². The molecule has 174 valence electrons. The molecule has 2 aromatic carbocycles. The Balaban J connectivity index is 1.50. The maximum atomic E-state index is 13.1. The first-order valence-electron chi connectivity index (χ1n) is 11.5. The van der Waals surface area contributed by atoms with Crippen molar-refractivity contribution in [2.24, 2.45) is 4.99 Å². The molecule has 0 unspecified atom stereocenters. The molecule has 1 aliphatic heterocycles.